The van der Waals surface area contributed by atoms with Crippen LogP contribution in [0.1, 0.15) is 65.7 Å². The summed E-state index contributed by atoms with van der Waals surface area (Å²) in [5, 5.41) is 39.0. The zero-order chi connectivity index (χ0) is 28.5. The molecule has 6 atom stereocenters. The minimum absolute atomic E-state index is 0.0408. The number of ether oxygens (including phenoxy) is 1. The van der Waals surface area contributed by atoms with Gasteiger partial charge in [0.25, 0.3) is 0 Å². The van der Waals surface area contributed by atoms with Gasteiger partial charge in [-0.15, -0.1) is 0 Å². The van der Waals surface area contributed by atoms with E-state index in [2.05, 4.69) is 0 Å². The number of nitrogens with two attached hydrogens (primary N) is 1. The van der Waals surface area contributed by atoms with Crippen LogP contribution in [0.5, 0.6) is 0 Å². The monoisotopic (exact) mass is 525 g/mol. The molecule has 0 aliphatic heterocycles. The van der Waals surface area contributed by atoms with Crippen LogP contribution in [0.3, 0.4) is 0 Å². The number of methoxy groups -OCH3 is 1. The van der Waals surface area contributed by atoms with Gasteiger partial charge in [0.2, 0.25) is 5.91 Å². The molecule has 0 heterocycles. The number of carbonyl (C=O) groups is 4. The van der Waals surface area contributed by atoms with E-state index in [0.29, 0.717) is 31.3 Å². The molecule has 210 valence electrons. The van der Waals surface area contributed by atoms with Crippen molar-refractivity contribution in [2.75, 3.05) is 7.11 Å². The fourth-order valence-corrected chi connectivity index (χ4v) is 4.03. The van der Waals surface area contributed by atoms with E-state index in [4.69, 9.17) is 20.7 Å². The number of allylic oxidation sites excluding steroid dienone is 3. The van der Waals surface area contributed by atoms with E-state index in [0.717, 1.165) is 6.08 Å². The third-order valence-electron chi connectivity index (χ3n) is 6.21. The third kappa shape index (κ3) is 15.1. The number of rotatable bonds is 20. The van der Waals surface area contributed by atoms with Crippen molar-refractivity contribution >= 4 is 23.6 Å². The van der Waals surface area contributed by atoms with Gasteiger partial charge in [-0.2, -0.15) is 0 Å². The molecule has 6 N–H and O–H groups in total. The number of aliphatic hydroxyl groups is 2. The zero-order valence-corrected chi connectivity index (χ0v) is 22.2. The summed E-state index contributed by atoms with van der Waals surface area (Å²) in [6, 6.07) is 0. The summed E-state index contributed by atoms with van der Waals surface area (Å²) in [5.74, 6) is -4.20. The van der Waals surface area contributed by atoms with Crippen LogP contribution < -0.4 is 5.73 Å². The highest BCUT2D eigenvalue weighted by atomic mass is 16.5. The van der Waals surface area contributed by atoms with E-state index < -0.39 is 53.9 Å². The Balaban J connectivity index is 4.92. The molecule has 0 unspecified atom stereocenters. The van der Waals surface area contributed by atoms with Crippen molar-refractivity contribution < 1.29 is 44.3 Å². The Hall–Kier alpha value is -2.82. The van der Waals surface area contributed by atoms with Crippen molar-refractivity contribution in [1.82, 2.24) is 0 Å². The predicted molar refractivity (Wildman–Crippen MR) is 138 cm³/mol. The van der Waals surface area contributed by atoms with Crippen molar-refractivity contribution in [2.45, 2.75) is 84.0 Å². The standard InChI is InChI=1S/C27H43NO9/c1-17(21(29)11-9-10-20(15-23(28)30)16-25(33)34)14-18(2)26(35)19(3)27(36)22(37-4)12-7-5-6-8-13-24(31)32/h7-8,12-14,17,19-20,22,26-27,35-36H,5-6,9-11,15-16H2,1-4H3,(H2,28,30)(H,31,32)(H,33,34)/b12-7+,13-8+,18-14+/t17-,19-,20-,22-,26-,27-/m1/s1. The van der Waals surface area contributed by atoms with Gasteiger partial charge in [0.15, 0.2) is 0 Å². The number of hydrogen-bond acceptors (Lipinski definition) is 7. The molecule has 0 fully saturated rings. The zero-order valence-electron chi connectivity index (χ0n) is 22.2. The van der Waals surface area contributed by atoms with E-state index in [1.807, 2.05) is 0 Å². The van der Waals surface area contributed by atoms with E-state index >= 15 is 0 Å². The number of aliphatic hydroxyl groups excluding tert-OH is 2. The van der Waals surface area contributed by atoms with Gasteiger partial charge in [0, 0.05) is 44.3 Å². The number of amides is 1. The fourth-order valence-electron chi connectivity index (χ4n) is 4.03. The largest absolute Gasteiger partial charge is 0.481 e. The normalized spacial score (nSPS) is 17.3. The second-order valence-electron chi connectivity index (χ2n) is 9.43. The first-order valence-electron chi connectivity index (χ1n) is 12.5. The molecule has 0 bridgehead atoms. The van der Waals surface area contributed by atoms with Crippen molar-refractivity contribution in [3.8, 4) is 0 Å². The Morgan fingerprint density at radius 2 is 1.62 bits per heavy atom. The van der Waals surface area contributed by atoms with Crippen LogP contribution in [-0.2, 0) is 23.9 Å². The van der Waals surface area contributed by atoms with Gasteiger partial charge >= 0.3 is 11.9 Å². The number of carboxylic acid groups (broad SMARTS) is 2. The molecule has 0 aliphatic carbocycles. The summed E-state index contributed by atoms with van der Waals surface area (Å²) in [5.41, 5.74) is 5.71. The summed E-state index contributed by atoms with van der Waals surface area (Å²) in [6.45, 7) is 5.06. The molecule has 0 aromatic rings. The third-order valence-corrected chi connectivity index (χ3v) is 6.21. The summed E-state index contributed by atoms with van der Waals surface area (Å²) >= 11 is 0. The van der Waals surface area contributed by atoms with E-state index in [-0.39, 0.29) is 25.0 Å². The Bertz CT molecular complexity index is 818. The molecule has 10 heteroatoms. The number of carbonyl (C=O) groups excluding carboxylic acids is 2. The number of hydrogen-bond donors (Lipinski definition) is 5. The highest BCUT2D eigenvalue weighted by Gasteiger charge is 2.29. The van der Waals surface area contributed by atoms with Crippen LogP contribution >= 0.6 is 0 Å². The number of primary amides is 1. The number of Topliss-reactive ketones (excluding diaryl/α,β-unsaturated/α-hetero) is 1. The lowest BCUT2D eigenvalue weighted by Crippen LogP contribution is -2.39. The van der Waals surface area contributed by atoms with Crippen LogP contribution in [0.15, 0.2) is 36.0 Å². The molecule has 0 rings (SSSR count). The molecule has 0 spiro atoms. The number of aliphatic carboxylic acids is 2. The van der Waals surface area contributed by atoms with Gasteiger partial charge in [-0.05, 0) is 44.1 Å². The van der Waals surface area contributed by atoms with Crippen LogP contribution in [0.2, 0.25) is 0 Å². The van der Waals surface area contributed by atoms with E-state index in [9.17, 15) is 29.4 Å². The molecule has 10 nitrogen and oxygen atoms in total. The first kappa shape index (κ1) is 34.2. The molecular formula is C27H43NO9. The Morgan fingerprint density at radius 1 is 1.00 bits per heavy atom. The van der Waals surface area contributed by atoms with E-state index in [1.54, 1.807) is 39.0 Å². The lowest BCUT2D eigenvalue weighted by molar-refractivity contribution is -0.138. The Kier molecular flexibility index (Phi) is 17.0. The second kappa shape index (κ2) is 18.4. The van der Waals surface area contributed by atoms with Gasteiger partial charge in [0.05, 0.1) is 12.2 Å². The topological polar surface area (TPSA) is 184 Å². The van der Waals surface area contributed by atoms with Gasteiger partial charge < -0.3 is 30.9 Å². The molecule has 37 heavy (non-hydrogen) atoms. The molecule has 0 saturated carbocycles. The summed E-state index contributed by atoms with van der Waals surface area (Å²) in [6.07, 6.45) is 6.83. The predicted octanol–water partition coefficient (Wildman–Crippen LogP) is 2.62. The molecule has 0 aromatic heterocycles. The van der Waals surface area contributed by atoms with Crippen LogP contribution in [-0.4, -0.2) is 69.5 Å². The molecular weight excluding hydrogens is 482 g/mol. The second-order valence-corrected chi connectivity index (χ2v) is 9.43. The van der Waals surface area contributed by atoms with Gasteiger partial charge in [-0.25, -0.2) is 4.79 Å². The molecule has 0 saturated heterocycles. The number of carboxylic acids is 2. The molecule has 0 radical (unpaired) electrons. The van der Waals surface area contributed by atoms with Gasteiger partial charge in [-0.3, -0.25) is 14.4 Å². The lowest BCUT2D eigenvalue weighted by atomic mass is 9.87. The van der Waals surface area contributed by atoms with Gasteiger partial charge in [-0.1, -0.05) is 38.2 Å². The van der Waals surface area contributed by atoms with Crippen LogP contribution in [0.4, 0.5) is 0 Å². The van der Waals surface area contributed by atoms with Crippen molar-refractivity contribution in [3.05, 3.63) is 36.0 Å². The van der Waals surface area contributed by atoms with Crippen molar-refractivity contribution in [2.24, 2.45) is 23.5 Å². The smallest absolute Gasteiger partial charge is 0.327 e. The fraction of sp³-hybridized carbons (Fsp3) is 0.630. The average molecular weight is 526 g/mol. The summed E-state index contributed by atoms with van der Waals surface area (Å²) < 4.78 is 5.34. The Labute approximate surface area is 218 Å². The quantitative estimate of drug-likeness (QED) is 0.0905. The SMILES string of the molecule is CO[C@H](/C=C/CC/C=C/C(=O)O)[C@H](O)[C@H](C)[C@H](O)/C(C)=C/[C@@H](C)C(=O)CCC[C@H](CC(N)=O)CC(=O)O. The van der Waals surface area contributed by atoms with Crippen molar-refractivity contribution in [3.63, 3.8) is 0 Å². The van der Waals surface area contributed by atoms with Gasteiger partial charge in [0.1, 0.15) is 11.9 Å². The maximum absolute atomic E-state index is 12.6. The first-order valence-corrected chi connectivity index (χ1v) is 12.5. The lowest BCUT2D eigenvalue weighted by Gasteiger charge is -2.29. The minimum Gasteiger partial charge on any atom is -0.481 e. The summed E-state index contributed by atoms with van der Waals surface area (Å²) in [4.78, 5) is 45.1. The maximum Gasteiger partial charge on any atom is 0.327 e. The minimum atomic E-state index is -1.03. The first-order chi connectivity index (χ1) is 17.3. The molecule has 0 aromatic carbocycles. The number of ketones is 1. The average Bonchev–Trinajstić information content (AvgIpc) is 2.80. The van der Waals surface area contributed by atoms with Crippen LogP contribution in [0, 0.1) is 17.8 Å². The van der Waals surface area contributed by atoms with Crippen molar-refractivity contribution in [1.29, 1.82) is 0 Å². The highest BCUT2D eigenvalue weighted by molar-refractivity contribution is 5.82. The Morgan fingerprint density at radius 3 is 2.16 bits per heavy atom. The molecule has 0 aliphatic rings. The maximum atomic E-state index is 12.6. The number of unbranched alkanes of at least 4 members (excludes halogenated alkanes) is 1. The summed E-state index contributed by atoms with van der Waals surface area (Å²) in [7, 11) is 1.44. The molecule has 1 amide bonds. The van der Waals surface area contributed by atoms with E-state index in [1.165, 1.54) is 13.2 Å². The van der Waals surface area contributed by atoms with Crippen LogP contribution in [0.25, 0.3) is 0 Å². The highest BCUT2D eigenvalue weighted by Crippen LogP contribution is 2.23.